The van der Waals surface area contributed by atoms with Crippen molar-refractivity contribution in [3.05, 3.63) is 29.3 Å². The van der Waals surface area contributed by atoms with E-state index in [1.54, 1.807) is 6.92 Å². The molecule has 1 aliphatic heterocycles. The number of carbonyl (C=O) groups is 1. The minimum atomic E-state index is -0.442. The topological polar surface area (TPSA) is 61.4 Å². The van der Waals surface area contributed by atoms with E-state index in [1.165, 1.54) is 5.56 Å². The highest BCUT2D eigenvalue weighted by Gasteiger charge is 2.17. The van der Waals surface area contributed by atoms with Gasteiger partial charge in [-0.1, -0.05) is 0 Å². The summed E-state index contributed by atoms with van der Waals surface area (Å²) in [7, 11) is 0. The maximum absolute atomic E-state index is 12.3. The molecule has 4 nitrogen and oxygen atoms in total. The van der Waals surface area contributed by atoms with Gasteiger partial charge in [0.2, 0.25) is 0 Å². The van der Waals surface area contributed by atoms with Gasteiger partial charge in [0.1, 0.15) is 0 Å². The molecule has 0 bridgehead atoms. The van der Waals surface area contributed by atoms with Gasteiger partial charge in [0.15, 0.2) is 5.78 Å². The van der Waals surface area contributed by atoms with E-state index in [1.807, 2.05) is 25.1 Å². The number of aliphatic hydroxyl groups excluding tert-OH is 1. The molecule has 2 atom stereocenters. The lowest BCUT2D eigenvalue weighted by Crippen LogP contribution is -2.38. The van der Waals surface area contributed by atoms with Crippen LogP contribution in [-0.2, 0) is 6.42 Å². The standard InChI is InChI=1S/C15H22N2O2/c1-10(18)9-17-11(2)15(19)13-5-6-14-12(8-13)4-3-7-16-14/h5-6,8,10-11,16-18H,3-4,7,9H2,1-2H3. The third-order valence-electron chi connectivity index (χ3n) is 3.44. The molecule has 0 aromatic heterocycles. The van der Waals surface area contributed by atoms with Crippen LogP contribution >= 0.6 is 0 Å². The number of hydrogen-bond acceptors (Lipinski definition) is 4. The summed E-state index contributed by atoms with van der Waals surface area (Å²) in [5.74, 6) is 0.0778. The molecule has 4 heteroatoms. The van der Waals surface area contributed by atoms with Crippen LogP contribution in [0.1, 0.15) is 36.2 Å². The van der Waals surface area contributed by atoms with Crippen LogP contribution in [-0.4, -0.2) is 36.1 Å². The Hall–Kier alpha value is -1.39. The zero-order valence-electron chi connectivity index (χ0n) is 11.6. The van der Waals surface area contributed by atoms with Crippen molar-refractivity contribution in [2.75, 3.05) is 18.4 Å². The third kappa shape index (κ3) is 3.55. The maximum atomic E-state index is 12.3. The van der Waals surface area contributed by atoms with Gasteiger partial charge in [0, 0.05) is 24.3 Å². The molecule has 0 fully saturated rings. The number of fused-ring (bicyclic) bond motifs is 1. The number of aryl methyl sites for hydroxylation is 1. The quantitative estimate of drug-likeness (QED) is 0.705. The SMILES string of the molecule is CC(O)CNC(C)C(=O)c1ccc2c(c1)CCCN2. The molecule has 2 rings (SSSR count). The predicted molar refractivity (Wildman–Crippen MR) is 76.7 cm³/mol. The number of aliphatic hydroxyl groups is 1. The number of rotatable bonds is 5. The third-order valence-corrected chi connectivity index (χ3v) is 3.44. The first-order valence-electron chi connectivity index (χ1n) is 6.90. The zero-order valence-corrected chi connectivity index (χ0v) is 11.6. The van der Waals surface area contributed by atoms with Crippen molar-refractivity contribution in [1.82, 2.24) is 5.32 Å². The second-order valence-electron chi connectivity index (χ2n) is 5.25. The molecular weight excluding hydrogens is 240 g/mol. The van der Waals surface area contributed by atoms with Crippen LogP contribution in [0, 0.1) is 0 Å². The number of Topliss-reactive ketones (excluding diaryl/α,β-unsaturated/α-hetero) is 1. The molecule has 0 radical (unpaired) electrons. The number of ketones is 1. The van der Waals surface area contributed by atoms with Gasteiger partial charge in [0.05, 0.1) is 12.1 Å². The van der Waals surface area contributed by atoms with E-state index in [2.05, 4.69) is 10.6 Å². The van der Waals surface area contributed by atoms with Gasteiger partial charge in [-0.25, -0.2) is 0 Å². The van der Waals surface area contributed by atoms with Gasteiger partial charge in [0.25, 0.3) is 0 Å². The van der Waals surface area contributed by atoms with Crippen molar-refractivity contribution in [3.63, 3.8) is 0 Å². The average molecular weight is 262 g/mol. The van der Waals surface area contributed by atoms with Crippen molar-refractivity contribution in [3.8, 4) is 0 Å². The summed E-state index contributed by atoms with van der Waals surface area (Å²) in [5, 5.41) is 15.6. The second-order valence-corrected chi connectivity index (χ2v) is 5.25. The van der Waals surface area contributed by atoms with Crippen molar-refractivity contribution >= 4 is 11.5 Å². The van der Waals surface area contributed by atoms with E-state index < -0.39 is 6.10 Å². The van der Waals surface area contributed by atoms with E-state index in [4.69, 9.17) is 0 Å². The number of benzene rings is 1. The summed E-state index contributed by atoms with van der Waals surface area (Å²) in [6.45, 7) is 4.98. The number of hydrogen-bond donors (Lipinski definition) is 3. The summed E-state index contributed by atoms with van der Waals surface area (Å²) in [5.41, 5.74) is 3.11. The molecule has 0 saturated carbocycles. The van der Waals surface area contributed by atoms with Crippen LogP contribution in [0.15, 0.2) is 18.2 Å². The van der Waals surface area contributed by atoms with Crippen LogP contribution in [0.5, 0.6) is 0 Å². The number of nitrogens with one attached hydrogen (secondary N) is 2. The van der Waals surface area contributed by atoms with Gasteiger partial charge in [-0.2, -0.15) is 0 Å². The minimum absolute atomic E-state index is 0.0778. The molecule has 104 valence electrons. The van der Waals surface area contributed by atoms with Gasteiger partial charge in [-0.05, 0) is 50.5 Å². The summed E-state index contributed by atoms with van der Waals surface area (Å²) in [6, 6.07) is 5.58. The monoisotopic (exact) mass is 262 g/mol. The summed E-state index contributed by atoms with van der Waals surface area (Å²) < 4.78 is 0. The normalized spacial score (nSPS) is 17.2. The maximum Gasteiger partial charge on any atom is 0.179 e. The Morgan fingerprint density at radius 3 is 3.00 bits per heavy atom. The lowest BCUT2D eigenvalue weighted by Gasteiger charge is -2.19. The fourth-order valence-corrected chi connectivity index (χ4v) is 2.32. The zero-order chi connectivity index (χ0) is 13.8. The van der Waals surface area contributed by atoms with E-state index in [-0.39, 0.29) is 11.8 Å². The lowest BCUT2D eigenvalue weighted by molar-refractivity contribution is 0.0941. The highest BCUT2D eigenvalue weighted by atomic mass is 16.3. The van der Waals surface area contributed by atoms with Gasteiger partial charge >= 0.3 is 0 Å². The molecule has 1 aromatic carbocycles. The molecular formula is C15H22N2O2. The Kier molecular flexibility index (Phi) is 4.56. The van der Waals surface area contributed by atoms with Crippen LogP contribution < -0.4 is 10.6 Å². The first-order valence-corrected chi connectivity index (χ1v) is 6.90. The van der Waals surface area contributed by atoms with Crippen LogP contribution in [0.3, 0.4) is 0 Å². The molecule has 1 aliphatic rings. The number of anilines is 1. The molecule has 2 unspecified atom stereocenters. The largest absolute Gasteiger partial charge is 0.392 e. The van der Waals surface area contributed by atoms with E-state index in [0.717, 1.165) is 30.6 Å². The molecule has 0 aliphatic carbocycles. The summed E-state index contributed by atoms with van der Waals surface area (Å²) in [4.78, 5) is 12.3. The van der Waals surface area contributed by atoms with E-state index >= 15 is 0 Å². The van der Waals surface area contributed by atoms with Gasteiger partial charge < -0.3 is 15.7 Å². The van der Waals surface area contributed by atoms with E-state index in [0.29, 0.717) is 6.54 Å². The second kappa shape index (κ2) is 6.17. The fourth-order valence-electron chi connectivity index (χ4n) is 2.32. The van der Waals surface area contributed by atoms with E-state index in [9.17, 15) is 9.90 Å². The minimum Gasteiger partial charge on any atom is -0.392 e. The first kappa shape index (κ1) is 14.0. The molecule has 3 N–H and O–H groups in total. The molecule has 0 amide bonds. The predicted octanol–water partition coefficient (Wildman–Crippen LogP) is 1.59. The number of carbonyl (C=O) groups excluding carboxylic acids is 1. The highest BCUT2D eigenvalue weighted by Crippen LogP contribution is 2.23. The highest BCUT2D eigenvalue weighted by molar-refractivity contribution is 6.00. The molecule has 1 heterocycles. The van der Waals surface area contributed by atoms with Crippen LogP contribution in [0.4, 0.5) is 5.69 Å². The molecule has 0 saturated heterocycles. The summed E-state index contributed by atoms with van der Waals surface area (Å²) in [6.07, 6.45) is 1.70. The Labute approximate surface area is 114 Å². The van der Waals surface area contributed by atoms with Crippen LogP contribution in [0.25, 0.3) is 0 Å². The Morgan fingerprint density at radius 2 is 2.26 bits per heavy atom. The fraction of sp³-hybridized carbons (Fsp3) is 0.533. The van der Waals surface area contributed by atoms with Crippen molar-refractivity contribution in [2.24, 2.45) is 0 Å². The van der Waals surface area contributed by atoms with Crippen molar-refractivity contribution in [1.29, 1.82) is 0 Å². The summed E-state index contributed by atoms with van der Waals surface area (Å²) >= 11 is 0. The molecule has 19 heavy (non-hydrogen) atoms. The molecule has 1 aromatic rings. The van der Waals surface area contributed by atoms with Crippen LogP contribution in [0.2, 0.25) is 0 Å². The Bertz CT molecular complexity index is 457. The van der Waals surface area contributed by atoms with Gasteiger partial charge in [-0.3, -0.25) is 4.79 Å². The smallest absolute Gasteiger partial charge is 0.179 e. The Morgan fingerprint density at radius 1 is 1.47 bits per heavy atom. The lowest BCUT2D eigenvalue weighted by atomic mass is 9.97. The average Bonchev–Trinajstić information content (AvgIpc) is 2.43. The van der Waals surface area contributed by atoms with Crippen molar-refractivity contribution in [2.45, 2.75) is 38.8 Å². The van der Waals surface area contributed by atoms with Crippen molar-refractivity contribution < 1.29 is 9.90 Å². The van der Waals surface area contributed by atoms with Gasteiger partial charge in [-0.15, -0.1) is 0 Å². The molecule has 0 spiro atoms. The first-order chi connectivity index (χ1) is 9.08. The Balaban J connectivity index is 2.06.